The molecule has 0 bridgehead atoms. The molecule has 5 nitrogen and oxygen atoms in total. The fourth-order valence-electron chi connectivity index (χ4n) is 2.40. The molecule has 0 aliphatic heterocycles. The normalized spacial score (nSPS) is 9.83. The van der Waals surface area contributed by atoms with Gasteiger partial charge in [-0.05, 0) is 19.1 Å². The van der Waals surface area contributed by atoms with Crippen LogP contribution in [0.25, 0.3) is 0 Å². The maximum Gasteiger partial charge on any atom is 0.310 e. The zero-order valence-electron chi connectivity index (χ0n) is 18.2. The molecule has 160 valence electrons. The van der Waals surface area contributed by atoms with Crippen molar-refractivity contribution in [2.75, 3.05) is 0 Å². The quantitative estimate of drug-likeness (QED) is 0.166. The van der Waals surface area contributed by atoms with Gasteiger partial charge in [0.15, 0.2) is 0 Å². The van der Waals surface area contributed by atoms with Crippen molar-refractivity contribution >= 4 is 38.7 Å². The minimum Gasteiger partial charge on any atom is -0.283 e. The van der Waals surface area contributed by atoms with Crippen LogP contribution < -0.4 is 10.9 Å². The van der Waals surface area contributed by atoms with Gasteiger partial charge in [-0.3, -0.25) is 25.2 Å². The molecule has 0 fully saturated rings. The first kappa shape index (κ1) is 25.9. The number of rotatable bonds is 9. The molecule has 2 N–H and O–H groups in total. The summed E-state index contributed by atoms with van der Waals surface area (Å²) >= 11 is 0.149. The predicted molar refractivity (Wildman–Crippen MR) is 123 cm³/mol. The average molecular weight is 515 g/mol. The first-order valence-corrected chi connectivity index (χ1v) is 14.5. The van der Waals surface area contributed by atoms with E-state index >= 15 is 0 Å². The van der Waals surface area contributed by atoms with E-state index in [2.05, 4.69) is 24.7 Å². The summed E-state index contributed by atoms with van der Waals surface area (Å²) in [5.74, 6) is -2.08. The van der Waals surface area contributed by atoms with Crippen molar-refractivity contribution in [2.45, 2.75) is 55.3 Å². The van der Waals surface area contributed by atoms with Crippen LogP contribution in [0.2, 0.25) is 8.87 Å². The molecule has 0 atom stereocenters. The van der Waals surface area contributed by atoms with Gasteiger partial charge in [0.25, 0.3) is 11.7 Å². The summed E-state index contributed by atoms with van der Waals surface area (Å²) < 4.78 is 3.25. The summed E-state index contributed by atoms with van der Waals surface area (Å²) in [4.78, 5) is 35.2. The molecule has 6 heteroatoms. The van der Waals surface area contributed by atoms with Gasteiger partial charge >= 0.3 is 75.5 Å². The largest absolute Gasteiger partial charge is 0.310 e. The van der Waals surface area contributed by atoms with Crippen molar-refractivity contribution in [2.24, 2.45) is 0 Å². The molecule has 0 unspecified atom stereocenters. The summed E-state index contributed by atoms with van der Waals surface area (Å²) in [6.45, 7) is 6.49. The number of hydrogen-bond acceptors (Lipinski definition) is 3. The minimum absolute atomic E-state index is 0.149. The Labute approximate surface area is 190 Å². The number of aryl methyl sites for hydroxylation is 1. The number of hydrazine groups is 1. The third-order valence-electron chi connectivity index (χ3n) is 4.26. The van der Waals surface area contributed by atoms with Gasteiger partial charge in [-0.2, -0.15) is 0 Å². The Morgan fingerprint density at radius 2 is 1.33 bits per heavy atom. The van der Waals surface area contributed by atoms with Crippen LogP contribution in [0.3, 0.4) is 0 Å². The number of ketones is 1. The van der Waals surface area contributed by atoms with E-state index in [4.69, 9.17) is 0 Å². The van der Waals surface area contributed by atoms with E-state index < -0.39 is 17.6 Å². The molecule has 0 spiro atoms. The fourth-order valence-corrected chi connectivity index (χ4v) is 6.56. The molecule has 2 aromatic carbocycles. The molecule has 2 amide bonds. The molecular formula is C24H32N2O3Sn. The first-order valence-electron chi connectivity index (χ1n) is 10.5. The maximum atomic E-state index is 11.8. The molecule has 0 saturated heterocycles. The minimum atomic E-state index is -0.887. The Morgan fingerprint density at radius 3 is 1.87 bits per heavy atom. The summed E-state index contributed by atoms with van der Waals surface area (Å²) in [5, 5.41) is 0. The monoisotopic (exact) mass is 516 g/mol. The van der Waals surface area contributed by atoms with Gasteiger partial charge in [0.05, 0.1) is 0 Å². The van der Waals surface area contributed by atoms with E-state index in [-0.39, 0.29) is 26.7 Å². The van der Waals surface area contributed by atoms with Crippen LogP contribution in [-0.2, 0) is 4.79 Å². The van der Waals surface area contributed by atoms with Crippen molar-refractivity contribution in [1.82, 2.24) is 10.9 Å². The van der Waals surface area contributed by atoms with Gasteiger partial charge in [-0.25, -0.2) is 0 Å². The zero-order chi connectivity index (χ0) is 22.2. The topological polar surface area (TPSA) is 75.3 Å². The summed E-state index contributed by atoms with van der Waals surface area (Å²) in [7, 11) is 0. The van der Waals surface area contributed by atoms with E-state index in [0.717, 1.165) is 5.56 Å². The van der Waals surface area contributed by atoms with Crippen molar-refractivity contribution in [1.29, 1.82) is 0 Å². The van der Waals surface area contributed by atoms with Gasteiger partial charge in [0.2, 0.25) is 0 Å². The van der Waals surface area contributed by atoms with Gasteiger partial charge in [0, 0.05) is 11.1 Å². The zero-order valence-corrected chi connectivity index (χ0v) is 21.0. The Morgan fingerprint density at radius 1 is 0.767 bits per heavy atom. The standard InChI is InChI=1S/C16H14N2O3.2C4H9.Sn/c1-11-7-9-13(10-8-11)15(20)17-18-16(21)14(19)12-5-3-2-4-6-12;2*1-3-4-2;/h2-10H,1H3,(H,17,20)(H,18,21);2*1,3-4H2,2H3;. The Kier molecular flexibility index (Phi) is 13.5. The van der Waals surface area contributed by atoms with E-state index in [1.165, 1.54) is 37.8 Å². The molecule has 2 rings (SSSR count). The van der Waals surface area contributed by atoms with Gasteiger partial charge in [-0.1, -0.05) is 48.0 Å². The van der Waals surface area contributed by atoms with Crippen LogP contribution in [0.5, 0.6) is 0 Å². The first-order chi connectivity index (χ1) is 14.5. The second kappa shape index (κ2) is 15.7. The maximum absolute atomic E-state index is 11.8. The molecule has 0 heterocycles. The fraction of sp³-hybridized carbons (Fsp3) is 0.375. The molecule has 0 saturated carbocycles. The Balaban J connectivity index is 0.000000424. The molecular weight excluding hydrogens is 483 g/mol. The number of Topliss-reactive ketones (excluding diaryl/α,β-unsaturated/α-hetero) is 1. The number of carbonyl (C=O) groups excluding carboxylic acids is 3. The second-order valence-electron chi connectivity index (χ2n) is 6.93. The predicted octanol–water partition coefficient (Wildman–Crippen LogP) is 4.77. The van der Waals surface area contributed by atoms with Crippen LogP contribution in [0.1, 0.15) is 65.8 Å². The van der Waals surface area contributed by atoms with Crippen LogP contribution in [0, 0.1) is 6.92 Å². The number of nitrogens with one attached hydrogen (secondary N) is 2. The second-order valence-corrected chi connectivity index (χ2v) is 11.2. The third kappa shape index (κ3) is 10.6. The van der Waals surface area contributed by atoms with Crippen LogP contribution in [-0.4, -0.2) is 38.7 Å². The molecule has 0 aromatic heterocycles. The molecule has 0 aliphatic carbocycles. The Bertz CT molecular complexity index is 771. The average Bonchev–Trinajstić information content (AvgIpc) is 2.78. The van der Waals surface area contributed by atoms with Gasteiger partial charge < -0.3 is 0 Å². The van der Waals surface area contributed by atoms with Crippen molar-refractivity contribution in [3.63, 3.8) is 0 Å². The SMILES string of the molecule is CCC[CH2][Sn][CH2]CCC.Cc1ccc(C(=O)NNC(=O)C(=O)c2ccccc2)cc1. The van der Waals surface area contributed by atoms with Crippen molar-refractivity contribution < 1.29 is 14.4 Å². The van der Waals surface area contributed by atoms with Crippen LogP contribution in [0.4, 0.5) is 0 Å². The van der Waals surface area contributed by atoms with E-state index in [0.29, 0.717) is 5.56 Å². The van der Waals surface area contributed by atoms with E-state index in [1.54, 1.807) is 51.3 Å². The number of unbranched alkanes of at least 4 members (excludes halogenated alkanes) is 2. The van der Waals surface area contributed by atoms with Gasteiger partial charge in [0.1, 0.15) is 0 Å². The van der Waals surface area contributed by atoms with Gasteiger partial charge in [-0.15, -0.1) is 0 Å². The number of carbonyl (C=O) groups is 3. The summed E-state index contributed by atoms with van der Waals surface area (Å²) in [6.07, 6.45) is 5.84. The third-order valence-corrected chi connectivity index (χ3v) is 8.30. The van der Waals surface area contributed by atoms with E-state index in [9.17, 15) is 14.4 Å². The number of amides is 2. The smallest absolute Gasteiger partial charge is 0.283 e. The number of benzene rings is 2. The van der Waals surface area contributed by atoms with Crippen molar-refractivity contribution in [3.8, 4) is 0 Å². The van der Waals surface area contributed by atoms with Crippen molar-refractivity contribution in [3.05, 3.63) is 71.3 Å². The molecule has 30 heavy (non-hydrogen) atoms. The van der Waals surface area contributed by atoms with E-state index in [1.807, 2.05) is 6.92 Å². The number of hydrogen-bond donors (Lipinski definition) is 2. The summed E-state index contributed by atoms with van der Waals surface area (Å²) in [5.41, 5.74) is 6.00. The molecule has 2 radical (unpaired) electrons. The molecule has 2 aromatic rings. The Hall–Kier alpha value is -2.15. The molecule has 0 aliphatic rings. The van der Waals surface area contributed by atoms with Crippen LogP contribution >= 0.6 is 0 Å². The van der Waals surface area contributed by atoms with Crippen LogP contribution in [0.15, 0.2) is 54.6 Å². The summed E-state index contributed by atoms with van der Waals surface area (Å²) in [6, 6.07) is 15.0.